The van der Waals surface area contributed by atoms with E-state index in [2.05, 4.69) is 0 Å². The number of rotatable bonds is 1. The summed E-state index contributed by atoms with van der Waals surface area (Å²) in [6.07, 6.45) is -3.16. The van der Waals surface area contributed by atoms with Crippen LogP contribution in [0.3, 0.4) is 0 Å². The Bertz CT molecular complexity index is 158. The fourth-order valence-corrected chi connectivity index (χ4v) is 1.25. The van der Waals surface area contributed by atoms with E-state index in [9.17, 15) is 10.2 Å². The topological polar surface area (TPSA) is 90.2 Å². The Morgan fingerprint density at radius 2 is 2.08 bits per heavy atom. The minimum atomic E-state index is -1.49. The summed E-state index contributed by atoms with van der Waals surface area (Å²) in [6, 6.07) is 0. The van der Waals surface area contributed by atoms with Crippen LogP contribution in [0.25, 0.3) is 0 Å². The van der Waals surface area contributed by atoms with Gasteiger partial charge >= 0.3 is 0 Å². The van der Waals surface area contributed by atoms with Crippen LogP contribution in [0.4, 0.5) is 0 Å². The molecule has 1 saturated heterocycles. The molecule has 5 heteroatoms. The lowest BCUT2D eigenvalue weighted by molar-refractivity contribution is -0.274. The van der Waals surface area contributed by atoms with Crippen LogP contribution in [0.2, 0.25) is 0 Å². The maximum Gasteiger partial charge on any atom is 0.157 e. The van der Waals surface area contributed by atoms with Crippen LogP contribution in [0, 0.1) is 0 Å². The Balaban J connectivity index is 2.71. The average molecular weight is 178 g/mol. The van der Waals surface area contributed by atoms with Crippen LogP contribution >= 0.6 is 0 Å². The van der Waals surface area contributed by atoms with Crippen LogP contribution in [-0.4, -0.2) is 51.1 Å². The van der Waals surface area contributed by atoms with Crippen LogP contribution in [-0.2, 0) is 4.74 Å². The molecule has 0 amide bonds. The van der Waals surface area contributed by atoms with Gasteiger partial charge in [0.2, 0.25) is 0 Å². The molecule has 0 aliphatic carbocycles. The Morgan fingerprint density at radius 3 is 2.58 bits per heavy atom. The van der Waals surface area contributed by atoms with Gasteiger partial charge in [-0.1, -0.05) is 0 Å². The Kier molecular flexibility index (Phi) is 2.70. The molecule has 1 unspecified atom stereocenters. The molecule has 72 valence electrons. The summed E-state index contributed by atoms with van der Waals surface area (Å²) in [5.74, 6) is 0. The fourth-order valence-electron chi connectivity index (χ4n) is 1.25. The number of ether oxygens (including phenoxy) is 1. The normalized spacial score (nSPS) is 49.2. The second kappa shape index (κ2) is 3.27. The quantitative estimate of drug-likeness (QED) is 0.380. The molecule has 0 aromatic heterocycles. The van der Waals surface area contributed by atoms with Crippen molar-refractivity contribution in [3.8, 4) is 0 Å². The minimum absolute atomic E-state index is 0.0382. The predicted molar refractivity (Wildman–Crippen MR) is 39.2 cm³/mol. The molecule has 0 aromatic rings. The van der Waals surface area contributed by atoms with Crippen molar-refractivity contribution in [1.82, 2.24) is 0 Å². The van der Waals surface area contributed by atoms with E-state index in [1.54, 1.807) is 0 Å². The summed E-state index contributed by atoms with van der Waals surface area (Å²) < 4.78 is 4.82. The molecule has 0 saturated carbocycles. The van der Waals surface area contributed by atoms with Gasteiger partial charge in [0.25, 0.3) is 0 Å². The Morgan fingerprint density at radius 1 is 1.50 bits per heavy atom. The van der Waals surface area contributed by atoms with Crippen molar-refractivity contribution in [1.29, 1.82) is 0 Å². The highest BCUT2D eigenvalue weighted by Gasteiger charge is 2.45. The lowest BCUT2D eigenvalue weighted by Gasteiger charge is -2.41. The van der Waals surface area contributed by atoms with Gasteiger partial charge in [-0.3, -0.25) is 0 Å². The van der Waals surface area contributed by atoms with Gasteiger partial charge in [-0.25, -0.2) is 0 Å². The smallest absolute Gasteiger partial charge is 0.157 e. The van der Waals surface area contributed by atoms with Crippen molar-refractivity contribution in [2.45, 2.75) is 37.4 Å². The van der Waals surface area contributed by atoms with Gasteiger partial charge in [-0.2, -0.15) is 0 Å². The maximum absolute atomic E-state index is 9.57. The molecular formula is C7H14O5. The largest absolute Gasteiger partial charge is 0.394 e. The van der Waals surface area contributed by atoms with E-state index < -0.39 is 30.7 Å². The van der Waals surface area contributed by atoms with Crippen LogP contribution in [0.15, 0.2) is 0 Å². The first kappa shape index (κ1) is 9.88. The third-order valence-corrected chi connectivity index (χ3v) is 2.24. The number of hydrogen-bond acceptors (Lipinski definition) is 5. The molecule has 1 aliphatic heterocycles. The zero-order chi connectivity index (χ0) is 9.35. The first-order valence-electron chi connectivity index (χ1n) is 3.83. The summed E-state index contributed by atoms with van der Waals surface area (Å²) in [7, 11) is 0. The molecule has 0 aromatic carbocycles. The van der Waals surface area contributed by atoms with Gasteiger partial charge in [0, 0.05) is 6.42 Å². The van der Waals surface area contributed by atoms with Crippen LogP contribution < -0.4 is 0 Å². The van der Waals surface area contributed by atoms with E-state index in [4.69, 9.17) is 14.9 Å². The molecule has 1 heterocycles. The standard InChI is InChI=1S/C7H14O5/c1-7(11)4(9)2-6(10)12-5(7)3-8/h4-6,8-11H,2-3H2,1H3/t4-,5-,6?,7-/m1/s1. The van der Waals surface area contributed by atoms with Gasteiger partial charge < -0.3 is 25.2 Å². The molecule has 0 bridgehead atoms. The molecule has 4 atom stereocenters. The number of aliphatic hydroxyl groups is 4. The highest BCUT2D eigenvalue weighted by molar-refractivity contribution is 4.93. The monoisotopic (exact) mass is 178 g/mol. The van der Waals surface area contributed by atoms with Crippen molar-refractivity contribution < 1.29 is 25.2 Å². The zero-order valence-corrected chi connectivity index (χ0v) is 6.84. The fraction of sp³-hybridized carbons (Fsp3) is 1.00. The van der Waals surface area contributed by atoms with Gasteiger partial charge in [0.1, 0.15) is 11.7 Å². The van der Waals surface area contributed by atoms with E-state index >= 15 is 0 Å². The summed E-state index contributed by atoms with van der Waals surface area (Å²) in [4.78, 5) is 0. The third-order valence-electron chi connectivity index (χ3n) is 2.24. The van der Waals surface area contributed by atoms with E-state index in [0.29, 0.717) is 0 Å². The summed E-state index contributed by atoms with van der Waals surface area (Å²) in [6.45, 7) is 0.936. The lowest BCUT2D eigenvalue weighted by atomic mass is 9.88. The number of aliphatic hydroxyl groups excluding tert-OH is 3. The van der Waals surface area contributed by atoms with Gasteiger partial charge in [0.05, 0.1) is 12.7 Å². The summed E-state index contributed by atoms with van der Waals surface area (Å²) in [5, 5.41) is 36.6. The molecular weight excluding hydrogens is 164 g/mol. The third kappa shape index (κ3) is 1.60. The van der Waals surface area contributed by atoms with Crippen molar-refractivity contribution in [2.24, 2.45) is 0 Å². The molecule has 4 N–H and O–H groups in total. The average Bonchev–Trinajstić information content (AvgIpc) is 1.97. The van der Waals surface area contributed by atoms with E-state index in [1.807, 2.05) is 0 Å². The first-order valence-corrected chi connectivity index (χ1v) is 3.83. The first-order chi connectivity index (χ1) is 5.48. The van der Waals surface area contributed by atoms with Crippen LogP contribution in [0.5, 0.6) is 0 Å². The minimum Gasteiger partial charge on any atom is -0.394 e. The summed E-state index contributed by atoms with van der Waals surface area (Å²) >= 11 is 0. The zero-order valence-electron chi connectivity index (χ0n) is 6.84. The molecule has 0 radical (unpaired) electrons. The molecule has 5 nitrogen and oxygen atoms in total. The highest BCUT2D eigenvalue weighted by atomic mass is 16.6. The SMILES string of the molecule is C[C@@]1(O)[C@H](O)CC(O)O[C@@H]1CO. The van der Waals surface area contributed by atoms with Crippen molar-refractivity contribution >= 4 is 0 Å². The molecule has 0 spiro atoms. The lowest BCUT2D eigenvalue weighted by Crippen LogP contribution is -2.58. The van der Waals surface area contributed by atoms with E-state index in [1.165, 1.54) is 6.92 Å². The molecule has 1 rings (SSSR count). The summed E-state index contributed by atoms with van der Waals surface area (Å²) in [5.41, 5.74) is -1.49. The second-order valence-electron chi connectivity index (χ2n) is 3.24. The Labute approximate surface area is 70.2 Å². The highest BCUT2D eigenvalue weighted by Crippen LogP contribution is 2.27. The molecule has 12 heavy (non-hydrogen) atoms. The Hall–Kier alpha value is -0.200. The van der Waals surface area contributed by atoms with E-state index in [0.717, 1.165) is 0 Å². The van der Waals surface area contributed by atoms with Crippen molar-refractivity contribution in [3.05, 3.63) is 0 Å². The van der Waals surface area contributed by atoms with Crippen molar-refractivity contribution in [3.63, 3.8) is 0 Å². The van der Waals surface area contributed by atoms with Gasteiger partial charge in [-0.05, 0) is 6.92 Å². The second-order valence-corrected chi connectivity index (χ2v) is 3.24. The van der Waals surface area contributed by atoms with Gasteiger partial charge in [0.15, 0.2) is 6.29 Å². The molecule has 1 aliphatic rings. The molecule has 1 fully saturated rings. The van der Waals surface area contributed by atoms with Crippen molar-refractivity contribution in [2.75, 3.05) is 6.61 Å². The van der Waals surface area contributed by atoms with Crippen LogP contribution in [0.1, 0.15) is 13.3 Å². The number of hydrogen-bond donors (Lipinski definition) is 4. The van der Waals surface area contributed by atoms with Gasteiger partial charge in [-0.15, -0.1) is 0 Å². The predicted octanol–water partition coefficient (Wildman–Crippen LogP) is -1.80. The van der Waals surface area contributed by atoms with E-state index in [-0.39, 0.29) is 6.42 Å². The maximum atomic E-state index is 9.57.